The number of nitrogens with zero attached hydrogens (tertiary/aromatic N) is 4. The monoisotopic (exact) mass is 475 g/mol. The number of halogens is 4. The summed E-state index contributed by atoms with van der Waals surface area (Å²) in [6.45, 7) is 0.0810. The molecule has 0 aliphatic heterocycles. The number of benzene rings is 2. The molecule has 0 atom stereocenters. The first-order valence-corrected chi connectivity index (χ1v) is 10.1. The molecule has 0 aliphatic rings. The Balaban J connectivity index is 1.40. The lowest BCUT2D eigenvalue weighted by Crippen LogP contribution is -2.19. The van der Waals surface area contributed by atoms with Gasteiger partial charge in [0.25, 0.3) is 5.91 Å². The van der Waals surface area contributed by atoms with Gasteiger partial charge in [-0.15, -0.1) is 0 Å². The SMILES string of the molecule is O=C(Nc1cnn(Cc2cccc(C(F)(F)F)c2)c1)c1ccnn1COc1ccccc1Cl. The Morgan fingerprint density at radius 1 is 1.09 bits per heavy atom. The van der Waals surface area contributed by atoms with Gasteiger partial charge in [0, 0.05) is 12.4 Å². The summed E-state index contributed by atoms with van der Waals surface area (Å²) in [5.41, 5.74) is 0.327. The number of para-hydroxylation sites is 1. The van der Waals surface area contributed by atoms with Gasteiger partial charge in [-0.1, -0.05) is 35.9 Å². The molecule has 0 unspecified atom stereocenters. The second kappa shape index (κ2) is 9.37. The molecule has 0 saturated heterocycles. The zero-order valence-electron chi connectivity index (χ0n) is 17.0. The van der Waals surface area contributed by atoms with E-state index in [0.29, 0.717) is 22.0 Å². The molecule has 0 spiro atoms. The third kappa shape index (κ3) is 5.53. The molecule has 2 aromatic carbocycles. The fraction of sp³-hybridized carbons (Fsp3) is 0.136. The van der Waals surface area contributed by atoms with Gasteiger partial charge in [0.15, 0.2) is 6.73 Å². The van der Waals surface area contributed by atoms with Crippen LogP contribution < -0.4 is 10.1 Å². The van der Waals surface area contributed by atoms with E-state index < -0.39 is 17.6 Å². The van der Waals surface area contributed by atoms with E-state index >= 15 is 0 Å². The molecular weight excluding hydrogens is 459 g/mol. The van der Waals surface area contributed by atoms with Gasteiger partial charge in [0.2, 0.25) is 0 Å². The number of hydrogen-bond acceptors (Lipinski definition) is 4. The van der Waals surface area contributed by atoms with E-state index in [4.69, 9.17) is 16.3 Å². The first kappa shape index (κ1) is 22.4. The van der Waals surface area contributed by atoms with Crippen LogP contribution in [0, 0.1) is 0 Å². The van der Waals surface area contributed by atoms with Crippen molar-refractivity contribution < 1.29 is 22.7 Å². The van der Waals surface area contributed by atoms with Gasteiger partial charge in [-0.3, -0.25) is 9.48 Å². The smallest absolute Gasteiger partial charge is 0.416 e. The Morgan fingerprint density at radius 3 is 2.70 bits per heavy atom. The van der Waals surface area contributed by atoms with Crippen molar-refractivity contribution in [1.29, 1.82) is 0 Å². The summed E-state index contributed by atoms with van der Waals surface area (Å²) in [5.74, 6) is 0.00534. The van der Waals surface area contributed by atoms with Crippen molar-refractivity contribution >= 4 is 23.2 Å². The van der Waals surface area contributed by atoms with E-state index in [1.54, 1.807) is 30.3 Å². The fourth-order valence-corrected chi connectivity index (χ4v) is 3.25. The molecule has 1 N–H and O–H groups in total. The Kier molecular flexibility index (Phi) is 6.36. The highest BCUT2D eigenvalue weighted by molar-refractivity contribution is 6.32. The minimum absolute atomic E-state index is 0.0334. The summed E-state index contributed by atoms with van der Waals surface area (Å²) >= 11 is 6.07. The number of ether oxygens (including phenoxy) is 1. The number of anilines is 1. The summed E-state index contributed by atoms with van der Waals surface area (Å²) in [6.07, 6.45) is -0.0225. The number of aromatic nitrogens is 4. The maximum atomic E-state index is 12.9. The quantitative estimate of drug-likeness (QED) is 0.404. The maximum absolute atomic E-state index is 12.9. The number of carbonyl (C=O) groups is 1. The van der Waals surface area contributed by atoms with Crippen LogP contribution in [0.15, 0.2) is 73.2 Å². The zero-order chi connectivity index (χ0) is 23.4. The third-order valence-corrected chi connectivity index (χ3v) is 4.93. The van der Waals surface area contributed by atoms with Crippen LogP contribution in [0.1, 0.15) is 21.6 Å². The lowest BCUT2D eigenvalue weighted by Gasteiger charge is -2.10. The average molecular weight is 476 g/mol. The minimum Gasteiger partial charge on any atom is -0.470 e. The van der Waals surface area contributed by atoms with Crippen LogP contribution in [0.2, 0.25) is 5.02 Å². The van der Waals surface area contributed by atoms with Crippen LogP contribution in [0.3, 0.4) is 0 Å². The van der Waals surface area contributed by atoms with Gasteiger partial charge in [-0.2, -0.15) is 23.4 Å². The van der Waals surface area contributed by atoms with Crippen molar-refractivity contribution in [2.75, 3.05) is 5.32 Å². The number of nitrogens with one attached hydrogen (secondary N) is 1. The summed E-state index contributed by atoms with van der Waals surface area (Å²) in [6, 6.07) is 13.5. The van der Waals surface area contributed by atoms with Crippen LogP contribution in [0.5, 0.6) is 5.75 Å². The second-order valence-corrected chi connectivity index (χ2v) is 7.41. The number of carbonyl (C=O) groups excluding carboxylic acids is 1. The van der Waals surface area contributed by atoms with Crippen molar-refractivity contribution in [2.24, 2.45) is 0 Å². The molecule has 0 radical (unpaired) electrons. The molecule has 4 rings (SSSR count). The van der Waals surface area contributed by atoms with Crippen molar-refractivity contribution in [3.8, 4) is 5.75 Å². The molecule has 11 heteroatoms. The average Bonchev–Trinajstić information content (AvgIpc) is 3.42. The van der Waals surface area contributed by atoms with Crippen molar-refractivity contribution in [3.63, 3.8) is 0 Å². The van der Waals surface area contributed by atoms with E-state index in [0.717, 1.165) is 12.1 Å². The molecule has 2 aromatic heterocycles. The number of hydrogen-bond donors (Lipinski definition) is 1. The van der Waals surface area contributed by atoms with Gasteiger partial charge in [0.05, 0.1) is 29.0 Å². The predicted octanol–water partition coefficient (Wildman–Crippen LogP) is 5.09. The first-order chi connectivity index (χ1) is 15.8. The van der Waals surface area contributed by atoms with Gasteiger partial charge < -0.3 is 10.1 Å². The predicted molar refractivity (Wildman–Crippen MR) is 115 cm³/mol. The van der Waals surface area contributed by atoms with E-state index in [-0.39, 0.29) is 19.0 Å². The Morgan fingerprint density at radius 2 is 1.91 bits per heavy atom. The third-order valence-electron chi connectivity index (χ3n) is 4.62. The normalized spacial score (nSPS) is 11.4. The molecule has 7 nitrogen and oxygen atoms in total. The molecular formula is C22H17ClF3N5O2. The van der Waals surface area contributed by atoms with Crippen LogP contribution in [0.4, 0.5) is 18.9 Å². The Hall–Kier alpha value is -3.79. The number of rotatable bonds is 7. The van der Waals surface area contributed by atoms with E-state index in [9.17, 15) is 18.0 Å². The molecule has 4 aromatic rings. The zero-order valence-corrected chi connectivity index (χ0v) is 17.7. The van der Waals surface area contributed by atoms with Crippen molar-refractivity contribution in [1.82, 2.24) is 19.6 Å². The number of alkyl halides is 3. The van der Waals surface area contributed by atoms with Crippen LogP contribution in [0.25, 0.3) is 0 Å². The molecule has 0 bridgehead atoms. The molecule has 170 valence electrons. The van der Waals surface area contributed by atoms with Crippen molar-refractivity contribution in [3.05, 3.63) is 95.0 Å². The first-order valence-electron chi connectivity index (χ1n) is 9.69. The lowest BCUT2D eigenvalue weighted by molar-refractivity contribution is -0.137. The molecule has 1 amide bonds. The van der Waals surface area contributed by atoms with Crippen molar-refractivity contribution in [2.45, 2.75) is 19.5 Å². The van der Waals surface area contributed by atoms with E-state index in [1.807, 2.05) is 0 Å². The van der Waals surface area contributed by atoms with Gasteiger partial charge in [0.1, 0.15) is 11.4 Å². The standard InChI is InChI=1S/C22H17ClF3N5O2/c23-18-6-1-2-7-20(18)33-14-31-19(8-9-27-31)21(32)29-17-11-28-30(13-17)12-15-4-3-5-16(10-15)22(24,25)26/h1-11,13H,12,14H2,(H,29,32). The fourth-order valence-electron chi connectivity index (χ4n) is 3.06. The second-order valence-electron chi connectivity index (χ2n) is 7.00. The van der Waals surface area contributed by atoms with E-state index in [1.165, 1.54) is 40.1 Å². The van der Waals surface area contributed by atoms with Gasteiger partial charge in [-0.25, -0.2) is 4.68 Å². The highest BCUT2D eigenvalue weighted by Gasteiger charge is 2.30. The highest BCUT2D eigenvalue weighted by atomic mass is 35.5. The molecule has 0 saturated carbocycles. The largest absolute Gasteiger partial charge is 0.470 e. The minimum atomic E-state index is -4.42. The molecule has 2 heterocycles. The van der Waals surface area contributed by atoms with Gasteiger partial charge >= 0.3 is 6.18 Å². The molecule has 0 aliphatic carbocycles. The topological polar surface area (TPSA) is 74.0 Å². The highest BCUT2D eigenvalue weighted by Crippen LogP contribution is 2.29. The Bertz CT molecular complexity index is 1270. The number of amides is 1. The molecule has 33 heavy (non-hydrogen) atoms. The van der Waals surface area contributed by atoms with Crippen LogP contribution in [-0.4, -0.2) is 25.5 Å². The maximum Gasteiger partial charge on any atom is 0.416 e. The summed E-state index contributed by atoms with van der Waals surface area (Å²) in [7, 11) is 0. The summed E-state index contributed by atoms with van der Waals surface area (Å²) in [4.78, 5) is 12.7. The van der Waals surface area contributed by atoms with Crippen LogP contribution >= 0.6 is 11.6 Å². The van der Waals surface area contributed by atoms with E-state index in [2.05, 4.69) is 15.5 Å². The van der Waals surface area contributed by atoms with Gasteiger partial charge in [-0.05, 0) is 35.9 Å². The summed E-state index contributed by atoms with van der Waals surface area (Å²) in [5, 5.41) is 11.3. The lowest BCUT2D eigenvalue weighted by atomic mass is 10.1. The van der Waals surface area contributed by atoms with Crippen LogP contribution in [-0.2, 0) is 19.5 Å². The summed E-state index contributed by atoms with van der Waals surface area (Å²) < 4.78 is 47.1. The Labute approximate surface area is 191 Å². The molecule has 0 fully saturated rings.